The van der Waals surface area contributed by atoms with Gasteiger partial charge in [-0.2, -0.15) is 0 Å². The summed E-state index contributed by atoms with van der Waals surface area (Å²) < 4.78 is 11.0. The van der Waals surface area contributed by atoms with Crippen LogP contribution in [0, 0.1) is 0 Å². The highest BCUT2D eigenvalue weighted by molar-refractivity contribution is 5.80. The van der Waals surface area contributed by atoms with Crippen molar-refractivity contribution in [1.29, 1.82) is 0 Å². The van der Waals surface area contributed by atoms with Crippen LogP contribution in [-0.2, 0) is 11.3 Å². The lowest BCUT2D eigenvalue weighted by atomic mass is 10.2. The highest BCUT2D eigenvalue weighted by Gasteiger charge is 2.30. The summed E-state index contributed by atoms with van der Waals surface area (Å²) in [5.74, 6) is 1.68. The molecule has 3 heterocycles. The van der Waals surface area contributed by atoms with Crippen LogP contribution in [0.2, 0.25) is 0 Å². The Labute approximate surface area is 162 Å². The first-order chi connectivity index (χ1) is 13.3. The standard InChI is InChI=1S/C20H33N5O2/c1-3-11-27-19-6-5-17(14-22-19)15-23-20(21-4-2)25-8-7-18(16-25)24-9-12-26-13-10-24/h5-6,14,18H,3-4,7-13,15-16H2,1-2H3,(H,21,23). The van der Waals surface area contributed by atoms with Gasteiger partial charge in [-0.1, -0.05) is 13.0 Å². The van der Waals surface area contributed by atoms with E-state index < -0.39 is 0 Å². The maximum absolute atomic E-state index is 5.54. The predicted octanol–water partition coefficient (Wildman–Crippen LogP) is 1.74. The smallest absolute Gasteiger partial charge is 0.213 e. The van der Waals surface area contributed by atoms with E-state index in [1.165, 1.54) is 6.42 Å². The largest absolute Gasteiger partial charge is 0.478 e. The summed E-state index contributed by atoms with van der Waals surface area (Å²) in [6.07, 6.45) is 4.04. The molecule has 2 aliphatic heterocycles. The number of hydrogen-bond donors (Lipinski definition) is 1. The molecule has 27 heavy (non-hydrogen) atoms. The van der Waals surface area contributed by atoms with E-state index in [9.17, 15) is 0 Å². The quantitative estimate of drug-likeness (QED) is 0.579. The summed E-state index contributed by atoms with van der Waals surface area (Å²) in [5.41, 5.74) is 1.10. The Kier molecular flexibility index (Phi) is 7.71. The van der Waals surface area contributed by atoms with Gasteiger partial charge in [0.2, 0.25) is 5.88 Å². The van der Waals surface area contributed by atoms with Gasteiger partial charge in [0.25, 0.3) is 0 Å². The number of aromatic nitrogens is 1. The summed E-state index contributed by atoms with van der Waals surface area (Å²) >= 11 is 0. The molecule has 1 N–H and O–H groups in total. The van der Waals surface area contributed by atoms with Gasteiger partial charge in [0.15, 0.2) is 5.96 Å². The van der Waals surface area contributed by atoms with Gasteiger partial charge in [-0.15, -0.1) is 0 Å². The van der Waals surface area contributed by atoms with Gasteiger partial charge in [0, 0.05) is 51.0 Å². The lowest BCUT2D eigenvalue weighted by Crippen LogP contribution is -2.46. The van der Waals surface area contributed by atoms with Crippen LogP contribution in [0.4, 0.5) is 0 Å². The van der Waals surface area contributed by atoms with Crippen LogP contribution >= 0.6 is 0 Å². The van der Waals surface area contributed by atoms with Crippen LogP contribution in [-0.4, -0.2) is 79.3 Å². The van der Waals surface area contributed by atoms with Gasteiger partial charge in [-0.25, -0.2) is 9.98 Å². The van der Waals surface area contributed by atoms with Gasteiger partial charge in [-0.05, 0) is 25.3 Å². The van der Waals surface area contributed by atoms with Gasteiger partial charge in [-0.3, -0.25) is 4.90 Å². The van der Waals surface area contributed by atoms with Crippen LogP contribution in [0.3, 0.4) is 0 Å². The molecule has 0 aromatic carbocycles. The normalized spacial score (nSPS) is 21.5. The van der Waals surface area contributed by atoms with E-state index in [0.29, 0.717) is 25.1 Å². The number of ether oxygens (including phenoxy) is 2. The maximum Gasteiger partial charge on any atom is 0.213 e. The molecule has 1 unspecified atom stereocenters. The van der Waals surface area contributed by atoms with Crippen LogP contribution in [0.1, 0.15) is 32.3 Å². The average molecular weight is 376 g/mol. The maximum atomic E-state index is 5.54. The Morgan fingerprint density at radius 1 is 1.30 bits per heavy atom. The number of guanidine groups is 1. The number of hydrogen-bond acceptors (Lipinski definition) is 5. The number of aliphatic imine (C=N–C) groups is 1. The molecule has 2 saturated heterocycles. The predicted molar refractivity (Wildman–Crippen MR) is 107 cm³/mol. The Hall–Kier alpha value is -1.86. The van der Waals surface area contributed by atoms with Crippen molar-refractivity contribution in [1.82, 2.24) is 20.1 Å². The van der Waals surface area contributed by atoms with Crippen molar-refractivity contribution in [2.24, 2.45) is 4.99 Å². The lowest BCUT2D eigenvalue weighted by Gasteiger charge is -2.32. The second-order valence-corrected chi connectivity index (χ2v) is 7.06. The lowest BCUT2D eigenvalue weighted by molar-refractivity contribution is 0.0195. The summed E-state index contributed by atoms with van der Waals surface area (Å²) in [5, 5.41) is 3.45. The average Bonchev–Trinajstić information content (AvgIpc) is 3.21. The summed E-state index contributed by atoms with van der Waals surface area (Å²) in [4.78, 5) is 14.2. The molecule has 0 amide bonds. The Morgan fingerprint density at radius 2 is 2.15 bits per heavy atom. The second-order valence-electron chi connectivity index (χ2n) is 7.06. The third-order valence-corrected chi connectivity index (χ3v) is 5.02. The molecule has 7 nitrogen and oxygen atoms in total. The first kappa shape index (κ1) is 19.9. The van der Waals surface area contributed by atoms with Crippen molar-refractivity contribution in [2.75, 3.05) is 52.5 Å². The molecule has 0 radical (unpaired) electrons. The number of nitrogens with one attached hydrogen (secondary N) is 1. The molecule has 0 bridgehead atoms. The molecule has 7 heteroatoms. The van der Waals surface area contributed by atoms with Gasteiger partial charge < -0.3 is 19.7 Å². The molecule has 1 atom stereocenters. The first-order valence-corrected chi connectivity index (χ1v) is 10.2. The molecular weight excluding hydrogens is 342 g/mol. The minimum absolute atomic E-state index is 0.606. The van der Waals surface area contributed by atoms with Crippen molar-refractivity contribution in [2.45, 2.75) is 39.3 Å². The minimum atomic E-state index is 0.606. The van der Waals surface area contributed by atoms with Crippen LogP contribution in [0.15, 0.2) is 23.3 Å². The van der Waals surface area contributed by atoms with E-state index in [0.717, 1.165) is 63.9 Å². The first-order valence-electron chi connectivity index (χ1n) is 10.2. The molecule has 1 aromatic heterocycles. The van der Waals surface area contributed by atoms with E-state index in [4.69, 9.17) is 14.5 Å². The summed E-state index contributed by atoms with van der Waals surface area (Å²) in [6, 6.07) is 4.58. The van der Waals surface area contributed by atoms with E-state index in [1.807, 2.05) is 18.3 Å². The fourth-order valence-corrected chi connectivity index (χ4v) is 3.56. The van der Waals surface area contributed by atoms with E-state index in [1.54, 1.807) is 0 Å². The van der Waals surface area contributed by atoms with Gasteiger partial charge >= 0.3 is 0 Å². The highest BCUT2D eigenvalue weighted by Crippen LogP contribution is 2.17. The molecular formula is C20H33N5O2. The molecule has 2 fully saturated rings. The van der Waals surface area contributed by atoms with E-state index in [-0.39, 0.29) is 0 Å². The third-order valence-electron chi connectivity index (χ3n) is 5.02. The fourth-order valence-electron chi connectivity index (χ4n) is 3.56. The monoisotopic (exact) mass is 375 g/mol. The molecule has 1 aromatic rings. The number of likely N-dealkylation sites (tertiary alicyclic amines) is 1. The van der Waals surface area contributed by atoms with Gasteiger partial charge in [0.1, 0.15) is 0 Å². The van der Waals surface area contributed by atoms with Crippen LogP contribution < -0.4 is 10.1 Å². The van der Waals surface area contributed by atoms with Crippen LogP contribution in [0.5, 0.6) is 5.88 Å². The SMILES string of the molecule is CCCOc1ccc(CN=C(NCC)N2CCC(N3CCOCC3)C2)cn1. The number of rotatable bonds is 7. The second kappa shape index (κ2) is 10.5. The van der Waals surface area contributed by atoms with Crippen molar-refractivity contribution in [3.8, 4) is 5.88 Å². The number of pyridine rings is 1. The Morgan fingerprint density at radius 3 is 2.85 bits per heavy atom. The summed E-state index contributed by atoms with van der Waals surface area (Å²) in [7, 11) is 0. The van der Waals surface area contributed by atoms with Crippen molar-refractivity contribution < 1.29 is 9.47 Å². The van der Waals surface area contributed by atoms with Crippen molar-refractivity contribution in [3.05, 3.63) is 23.9 Å². The fraction of sp³-hybridized carbons (Fsp3) is 0.700. The Balaban J connectivity index is 1.56. The molecule has 0 saturated carbocycles. The Bertz CT molecular complexity index is 587. The van der Waals surface area contributed by atoms with Crippen LogP contribution in [0.25, 0.3) is 0 Å². The molecule has 0 aliphatic carbocycles. The van der Waals surface area contributed by atoms with E-state index in [2.05, 4.69) is 33.9 Å². The molecule has 150 valence electrons. The zero-order valence-electron chi connectivity index (χ0n) is 16.7. The summed E-state index contributed by atoms with van der Waals surface area (Å²) in [6.45, 7) is 12.3. The van der Waals surface area contributed by atoms with Gasteiger partial charge in [0.05, 0.1) is 26.4 Å². The van der Waals surface area contributed by atoms with Crippen molar-refractivity contribution >= 4 is 5.96 Å². The topological polar surface area (TPSA) is 62.2 Å². The third kappa shape index (κ3) is 5.81. The van der Waals surface area contributed by atoms with Crippen molar-refractivity contribution in [3.63, 3.8) is 0 Å². The molecule has 2 aliphatic rings. The zero-order valence-corrected chi connectivity index (χ0v) is 16.7. The number of morpholine rings is 1. The highest BCUT2D eigenvalue weighted by atomic mass is 16.5. The van der Waals surface area contributed by atoms with E-state index >= 15 is 0 Å². The zero-order chi connectivity index (χ0) is 18.9. The molecule has 0 spiro atoms. The molecule has 3 rings (SSSR count). The minimum Gasteiger partial charge on any atom is -0.478 e. The number of nitrogens with zero attached hydrogens (tertiary/aromatic N) is 4.